The molecule has 0 spiro atoms. The number of hydrogen-bond acceptors (Lipinski definition) is 5. The summed E-state index contributed by atoms with van der Waals surface area (Å²) in [5, 5.41) is 0. The van der Waals surface area contributed by atoms with Crippen molar-refractivity contribution in [2.75, 3.05) is 7.11 Å². The zero-order valence-electron chi connectivity index (χ0n) is 11.8. The third kappa shape index (κ3) is 1.35. The highest BCUT2D eigenvalue weighted by atomic mass is 16.6. The quantitative estimate of drug-likeness (QED) is 0.533. The summed E-state index contributed by atoms with van der Waals surface area (Å²) in [4.78, 5) is 36.3. The summed E-state index contributed by atoms with van der Waals surface area (Å²) in [7, 11) is 1.37. The highest BCUT2D eigenvalue weighted by Gasteiger charge is 2.68. The van der Waals surface area contributed by atoms with Gasteiger partial charge < -0.3 is 9.47 Å². The predicted molar refractivity (Wildman–Crippen MR) is 68.5 cm³/mol. The fraction of sp³-hybridized carbons (Fsp3) is 0.667. The number of allylic oxidation sites excluding steroid dienone is 2. The molecule has 5 atom stereocenters. The van der Waals surface area contributed by atoms with Crippen LogP contribution in [0, 0.1) is 22.7 Å². The smallest absolute Gasteiger partial charge is 0.317 e. The van der Waals surface area contributed by atoms with Crippen LogP contribution >= 0.6 is 0 Å². The molecule has 108 valence electrons. The van der Waals surface area contributed by atoms with Gasteiger partial charge in [-0.15, -0.1) is 0 Å². The maximum atomic E-state index is 12.2. The molecule has 5 heteroatoms. The van der Waals surface area contributed by atoms with Gasteiger partial charge >= 0.3 is 11.9 Å². The lowest BCUT2D eigenvalue weighted by molar-refractivity contribution is -0.167. The molecule has 0 amide bonds. The summed E-state index contributed by atoms with van der Waals surface area (Å²) in [5.41, 5.74) is -1.37. The third-order valence-electron chi connectivity index (χ3n) is 5.48. The predicted octanol–water partition coefficient (Wildman–Crippen LogP) is 1.26. The van der Waals surface area contributed by atoms with E-state index in [1.54, 1.807) is 6.08 Å². The van der Waals surface area contributed by atoms with Crippen LogP contribution in [0.15, 0.2) is 12.2 Å². The highest BCUT2D eigenvalue weighted by Crippen LogP contribution is 2.61. The average molecular weight is 278 g/mol. The molecule has 1 saturated carbocycles. The standard InChI is InChI=1S/C15H18O5/c1-14(13(18)19-3)7-6-10-15(2)9(14)5-4-8(16)11(15)12(17)20-10/h4-5,9-11H,6-7H2,1-3H3/t9-,10-,11-,14+,15+/m0/s1. The zero-order chi connectivity index (χ0) is 14.7. The molecule has 0 unspecified atom stereocenters. The molecule has 1 aliphatic heterocycles. The lowest BCUT2D eigenvalue weighted by Gasteiger charge is -2.51. The van der Waals surface area contributed by atoms with Gasteiger partial charge in [0, 0.05) is 11.3 Å². The Kier molecular flexibility index (Phi) is 2.62. The maximum absolute atomic E-state index is 12.2. The van der Waals surface area contributed by atoms with E-state index in [-0.39, 0.29) is 23.8 Å². The molecule has 0 radical (unpaired) electrons. The number of ketones is 1. The van der Waals surface area contributed by atoms with Crippen LogP contribution in [0.3, 0.4) is 0 Å². The van der Waals surface area contributed by atoms with Gasteiger partial charge in [0.05, 0.1) is 12.5 Å². The van der Waals surface area contributed by atoms with E-state index in [4.69, 9.17) is 9.47 Å². The van der Waals surface area contributed by atoms with E-state index in [1.165, 1.54) is 13.2 Å². The van der Waals surface area contributed by atoms with Gasteiger partial charge in [-0.2, -0.15) is 0 Å². The fourth-order valence-corrected chi connectivity index (χ4v) is 4.39. The van der Waals surface area contributed by atoms with Crippen LogP contribution in [0.4, 0.5) is 0 Å². The second-order valence-corrected chi connectivity index (χ2v) is 6.41. The molecule has 0 aromatic rings. The molecule has 2 fully saturated rings. The summed E-state index contributed by atoms with van der Waals surface area (Å²) in [6.45, 7) is 3.74. The van der Waals surface area contributed by atoms with Crippen LogP contribution in [-0.4, -0.2) is 30.9 Å². The van der Waals surface area contributed by atoms with Crippen LogP contribution in [0.5, 0.6) is 0 Å². The van der Waals surface area contributed by atoms with Gasteiger partial charge in [0.1, 0.15) is 12.0 Å². The summed E-state index contributed by atoms with van der Waals surface area (Å²) < 4.78 is 10.4. The second-order valence-electron chi connectivity index (χ2n) is 6.41. The van der Waals surface area contributed by atoms with Crippen LogP contribution < -0.4 is 0 Å². The number of rotatable bonds is 1. The van der Waals surface area contributed by atoms with Gasteiger partial charge in [0.25, 0.3) is 0 Å². The van der Waals surface area contributed by atoms with Crippen molar-refractivity contribution in [3.05, 3.63) is 12.2 Å². The lowest BCUT2D eigenvalue weighted by Crippen LogP contribution is -2.57. The van der Waals surface area contributed by atoms with Crippen molar-refractivity contribution in [1.29, 1.82) is 0 Å². The first kappa shape index (κ1) is 13.3. The minimum Gasteiger partial charge on any atom is -0.469 e. The van der Waals surface area contributed by atoms with Crippen molar-refractivity contribution < 1.29 is 23.9 Å². The van der Waals surface area contributed by atoms with E-state index in [9.17, 15) is 14.4 Å². The molecule has 20 heavy (non-hydrogen) atoms. The molecule has 0 aromatic heterocycles. The first-order chi connectivity index (χ1) is 9.35. The number of carbonyl (C=O) groups is 3. The Morgan fingerprint density at radius 2 is 2.10 bits per heavy atom. The van der Waals surface area contributed by atoms with Crippen molar-refractivity contribution in [2.24, 2.45) is 22.7 Å². The first-order valence-corrected chi connectivity index (χ1v) is 6.86. The number of carbonyl (C=O) groups excluding carboxylic acids is 3. The van der Waals surface area contributed by atoms with Gasteiger partial charge in [0.2, 0.25) is 0 Å². The van der Waals surface area contributed by atoms with Crippen molar-refractivity contribution in [3.8, 4) is 0 Å². The third-order valence-corrected chi connectivity index (χ3v) is 5.48. The molecule has 2 aliphatic carbocycles. The average Bonchev–Trinajstić information content (AvgIpc) is 2.67. The second kappa shape index (κ2) is 3.93. The Labute approximate surface area is 117 Å². The number of esters is 2. The van der Waals surface area contributed by atoms with Crippen LogP contribution in [-0.2, 0) is 23.9 Å². The lowest BCUT2D eigenvalue weighted by atomic mass is 9.49. The summed E-state index contributed by atoms with van der Waals surface area (Å²) >= 11 is 0. The molecular weight excluding hydrogens is 260 g/mol. The molecule has 0 aromatic carbocycles. The van der Waals surface area contributed by atoms with Gasteiger partial charge in [-0.25, -0.2) is 0 Å². The zero-order valence-corrected chi connectivity index (χ0v) is 11.8. The number of methoxy groups -OCH3 is 1. The van der Waals surface area contributed by atoms with Gasteiger partial charge in [-0.05, 0) is 25.8 Å². The van der Waals surface area contributed by atoms with Crippen molar-refractivity contribution >= 4 is 17.7 Å². The number of hydrogen-bond donors (Lipinski definition) is 0. The molecule has 0 bridgehead atoms. The van der Waals surface area contributed by atoms with Crippen molar-refractivity contribution in [3.63, 3.8) is 0 Å². The van der Waals surface area contributed by atoms with Gasteiger partial charge in [0.15, 0.2) is 5.78 Å². The Morgan fingerprint density at radius 1 is 1.40 bits per heavy atom. The van der Waals surface area contributed by atoms with Crippen molar-refractivity contribution in [1.82, 2.24) is 0 Å². The van der Waals surface area contributed by atoms with E-state index >= 15 is 0 Å². The maximum Gasteiger partial charge on any atom is 0.317 e. The SMILES string of the molecule is COC(=O)[C@]1(C)CC[C@@H]2OC(=O)[C@@H]3C(=O)C=C[C@@H]1[C@@]32C. The molecular formula is C15H18O5. The topological polar surface area (TPSA) is 69.7 Å². The first-order valence-electron chi connectivity index (χ1n) is 6.86. The van der Waals surface area contributed by atoms with E-state index in [2.05, 4.69) is 0 Å². The highest BCUT2D eigenvalue weighted by molar-refractivity contribution is 6.08. The van der Waals surface area contributed by atoms with E-state index < -0.39 is 22.7 Å². The molecule has 3 rings (SSSR count). The Morgan fingerprint density at radius 3 is 2.75 bits per heavy atom. The van der Waals surface area contributed by atoms with E-state index in [0.717, 1.165) is 0 Å². The fourth-order valence-electron chi connectivity index (χ4n) is 4.39. The molecule has 1 saturated heterocycles. The summed E-state index contributed by atoms with van der Waals surface area (Å²) in [6.07, 6.45) is 4.07. The van der Waals surface area contributed by atoms with Crippen LogP contribution in [0.1, 0.15) is 26.7 Å². The summed E-state index contributed by atoms with van der Waals surface area (Å²) in [6, 6.07) is 0. The Hall–Kier alpha value is -1.65. The monoisotopic (exact) mass is 278 g/mol. The Bertz CT molecular complexity index is 536. The largest absolute Gasteiger partial charge is 0.469 e. The van der Waals surface area contributed by atoms with Crippen LogP contribution in [0.25, 0.3) is 0 Å². The molecule has 0 N–H and O–H groups in total. The summed E-state index contributed by atoms with van der Waals surface area (Å²) in [5.74, 6) is -1.97. The van der Waals surface area contributed by atoms with Crippen molar-refractivity contribution in [2.45, 2.75) is 32.8 Å². The minimum atomic E-state index is -0.785. The Balaban J connectivity index is 2.14. The normalized spacial score (nSPS) is 45.9. The number of ether oxygens (including phenoxy) is 2. The minimum absolute atomic E-state index is 0.217. The van der Waals surface area contributed by atoms with Gasteiger partial charge in [-0.3, -0.25) is 14.4 Å². The van der Waals surface area contributed by atoms with Gasteiger partial charge in [-0.1, -0.05) is 13.0 Å². The molecule has 3 aliphatic rings. The molecule has 5 nitrogen and oxygen atoms in total. The molecule has 1 heterocycles. The van der Waals surface area contributed by atoms with E-state index in [1.807, 2.05) is 13.8 Å². The van der Waals surface area contributed by atoms with E-state index in [0.29, 0.717) is 12.8 Å². The van der Waals surface area contributed by atoms with Crippen LogP contribution in [0.2, 0.25) is 0 Å².